The quantitative estimate of drug-likeness (QED) is 0.643. The number of esters is 1. The topological polar surface area (TPSA) is 114 Å². The van der Waals surface area contributed by atoms with E-state index in [0.29, 0.717) is 0 Å². The number of rotatable bonds is 6. The normalized spacial score (nSPS) is 11.9. The van der Waals surface area contributed by atoms with Crippen molar-refractivity contribution >= 4 is 35.1 Å². The van der Waals surface area contributed by atoms with Crippen molar-refractivity contribution in [2.75, 3.05) is 17.2 Å². The Balaban J connectivity index is 2.92. The Morgan fingerprint density at radius 1 is 1.00 bits per heavy atom. The van der Waals surface area contributed by atoms with Crippen molar-refractivity contribution in [2.24, 2.45) is 0 Å². The lowest BCUT2D eigenvalue weighted by Crippen LogP contribution is -2.40. The summed E-state index contributed by atoms with van der Waals surface area (Å²) in [6, 6.07) is 3.85. The molecule has 1 atom stereocenters. The van der Waals surface area contributed by atoms with E-state index in [-0.39, 0.29) is 16.9 Å². The van der Waals surface area contributed by atoms with Gasteiger partial charge in [0.05, 0.1) is 5.56 Å². The fourth-order valence-corrected chi connectivity index (χ4v) is 1.91. The summed E-state index contributed by atoms with van der Waals surface area (Å²) in [6.07, 6.45) is -6.09. The summed E-state index contributed by atoms with van der Waals surface area (Å²) >= 11 is 0. The Labute approximate surface area is 152 Å². The number of hydrogen-bond donors (Lipinski definition) is 3. The van der Waals surface area contributed by atoms with Gasteiger partial charge in [0, 0.05) is 25.2 Å². The largest absolute Gasteiger partial charge is 0.449 e. The number of ether oxygens (including phenoxy) is 1. The number of halogens is 3. The Morgan fingerprint density at radius 2 is 1.48 bits per heavy atom. The zero-order valence-corrected chi connectivity index (χ0v) is 14.7. The lowest BCUT2D eigenvalue weighted by Gasteiger charge is -2.15. The highest BCUT2D eigenvalue weighted by Crippen LogP contribution is 2.20. The van der Waals surface area contributed by atoms with E-state index in [2.05, 4.69) is 10.6 Å². The van der Waals surface area contributed by atoms with E-state index in [9.17, 15) is 32.3 Å². The van der Waals surface area contributed by atoms with E-state index < -0.39 is 42.5 Å². The van der Waals surface area contributed by atoms with Gasteiger partial charge in [0.25, 0.3) is 5.91 Å². The third-order valence-corrected chi connectivity index (χ3v) is 2.93. The van der Waals surface area contributed by atoms with Crippen molar-refractivity contribution in [3.05, 3.63) is 23.8 Å². The molecule has 0 saturated carbocycles. The van der Waals surface area contributed by atoms with Gasteiger partial charge < -0.3 is 20.7 Å². The second-order valence-corrected chi connectivity index (χ2v) is 5.54. The molecule has 0 bridgehead atoms. The van der Waals surface area contributed by atoms with Gasteiger partial charge >= 0.3 is 12.1 Å². The summed E-state index contributed by atoms with van der Waals surface area (Å²) in [5.41, 5.74) is 0.227. The maximum atomic E-state index is 12.2. The summed E-state index contributed by atoms with van der Waals surface area (Å²) in [6.45, 7) is 2.01. The van der Waals surface area contributed by atoms with Crippen LogP contribution >= 0.6 is 0 Å². The molecular weight excluding hydrogens is 371 g/mol. The van der Waals surface area contributed by atoms with Crippen LogP contribution in [0.1, 0.15) is 31.1 Å². The second-order valence-electron chi connectivity index (χ2n) is 5.54. The van der Waals surface area contributed by atoms with Crippen molar-refractivity contribution in [2.45, 2.75) is 33.1 Å². The first-order chi connectivity index (χ1) is 12.4. The van der Waals surface area contributed by atoms with E-state index in [0.717, 1.165) is 6.92 Å². The minimum atomic E-state index is -4.60. The van der Waals surface area contributed by atoms with Crippen molar-refractivity contribution in [1.29, 1.82) is 0 Å². The van der Waals surface area contributed by atoms with Gasteiger partial charge in [0.1, 0.15) is 6.54 Å². The van der Waals surface area contributed by atoms with Crippen LogP contribution in [0.5, 0.6) is 0 Å². The van der Waals surface area contributed by atoms with Crippen LogP contribution < -0.4 is 16.0 Å². The SMILES string of the molecule is CC(=O)Nc1cc(NC(C)=O)cc(C(=O)OC(C)C(=O)NCC(F)(F)F)c1. The molecule has 1 aromatic rings. The summed E-state index contributed by atoms with van der Waals surface area (Å²) in [7, 11) is 0. The van der Waals surface area contributed by atoms with Crippen molar-refractivity contribution in [1.82, 2.24) is 5.32 Å². The number of carbonyl (C=O) groups is 4. The predicted molar refractivity (Wildman–Crippen MR) is 89.0 cm³/mol. The van der Waals surface area contributed by atoms with Crippen molar-refractivity contribution < 1.29 is 37.1 Å². The first-order valence-corrected chi connectivity index (χ1v) is 7.63. The molecule has 1 rings (SSSR count). The van der Waals surface area contributed by atoms with Crippen LogP contribution in [0.4, 0.5) is 24.5 Å². The molecule has 0 saturated heterocycles. The fraction of sp³-hybridized carbons (Fsp3) is 0.375. The van der Waals surface area contributed by atoms with E-state index in [1.54, 1.807) is 5.32 Å². The van der Waals surface area contributed by atoms with Crippen LogP contribution in [0.15, 0.2) is 18.2 Å². The molecule has 3 N–H and O–H groups in total. The average molecular weight is 389 g/mol. The Morgan fingerprint density at radius 3 is 1.89 bits per heavy atom. The number of amides is 3. The molecule has 11 heteroatoms. The molecule has 0 aromatic heterocycles. The van der Waals surface area contributed by atoms with Gasteiger partial charge in [-0.1, -0.05) is 0 Å². The number of alkyl halides is 3. The molecule has 0 fully saturated rings. The number of anilines is 2. The van der Waals surface area contributed by atoms with Crippen molar-refractivity contribution in [3.63, 3.8) is 0 Å². The third kappa shape index (κ3) is 8.21. The number of carbonyl (C=O) groups excluding carboxylic acids is 4. The third-order valence-electron chi connectivity index (χ3n) is 2.93. The van der Waals surface area contributed by atoms with Crippen LogP contribution in [-0.4, -0.2) is 42.5 Å². The first-order valence-electron chi connectivity index (χ1n) is 7.63. The minimum Gasteiger partial charge on any atom is -0.449 e. The van der Waals surface area contributed by atoms with E-state index in [4.69, 9.17) is 4.74 Å². The predicted octanol–water partition coefficient (Wildman–Crippen LogP) is 1.83. The molecule has 0 aliphatic carbocycles. The molecule has 1 aromatic carbocycles. The summed E-state index contributed by atoms with van der Waals surface area (Å²) in [4.78, 5) is 46.1. The molecule has 3 amide bonds. The molecule has 0 aliphatic heterocycles. The van der Waals surface area contributed by atoms with E-state index >= 15 is 0 Å². The standard InChI is InChI=1S/C16H18F3N3O5/c1-8(14(25)20-7-16(17,18)19)27-15(26)11-4-12(21-9(2)23)6-13(5-11)22-10(3)24/h4-6,8H,7H2,1-3H3,(H,20,25)(H,21,23)(H,22,24). The Bertz CT molecular complexity index is 715. The van der Waals surface area contributed by atoms with Crippen LogP contribution in [0.25, 0.3) is 0 Å². The van der Waals surface area contributed by atoms with Gasteiger partial charge in [-0.05, 0) is 25.1 Å². The Kier molecular flexibility index (Phi) is 7.32. The monoisotopic (exact) mass is 389 g/mol. The molecule has 0 aliphatic rings. The fourth-order valence-electron chi connectivity index (χ4n) is 1.91. The van der Waals surface area contributed by atoms with Crippen molar-refractivity contribution in [3.8, 4) is 0 Å². The molecule has 0 heterocycles. The lowest BCUT2D eigenvalue weighted by molar-refractivity contribution is -0.143. The average Bonchev–Trinajstić information content (AvgIpc) is 2.50. The van der Waals surface area contributed by atoms with Gasteiger partial charge in [-0.3, -0.25) is 14.4 Å². The Hall–Kier alpha value is -3.11. The van der Waals surface area contributed by atoms with Gasteiger partial charge in [-0.15, -0.1) is 0 Å². The van der Waals surface area contributed by atoms with Gasteiger partial charge in [-0.2, -0.15) is 13.2 Å². The summed E-state index contributed by atoms with van der Waals surface area (Å²) in [5, 5.41) is 6.45. The zero-order chi connectivity index (χ0) is 20.8. The molecule has 0 spiro atoms. The molecule has 1 unspecified atom stereocenters. The number of hydrogen-bond acceptors (Lipinski definition) is 5. The molecular formula is C16H18F3N3O5. The summed E-state index contributed by atoms with van der Waals surface area (Å²) < 4.78 is 41.2. The molecule has 148 valence electrons. The number of benzene rings is 1. The van der Waals surface area contributed by atoms with Crippen LogP contribution in [0, 0.1) is 0 Å². The highest BCUT2D eigenvalue weighted by Gasteiger charge is 2.29. The molecule has 8 nitrogen and oxygen atoms in total. The van der Waals surface area contributed by atoms with E-state index in [1.807, 2.05) is 0 Å². The highest BCUT2D eigenvalue weighted by atomic mass is 19.4. The van der Waals surface area contributed by atoms with Gasteiger partial charge in [0.2, 0.25) is 11.8 Å². The summed E-state index contributed by atoms with van der Waals surface area (Å²) in [5.74, 6) is -3.02. The maximum Gasteiger partial charge on any atom is 0.405 e. The smallest absolute Gasteiger partial charge is 0.405 e. The first kappa shape index (κ1) is 21.9. The lowest BCUT2D eigenvalue weighted by atomic mass is 10.1. The van der Waals surface area contributed by atoms with Gasteiger partial charge in [0.15, 0.2) is 6.10 Å². The second kappa shape index (κ2) is 9.01. The molecule has 0 radical (unpaired) electrons. The molecule has 27 heavy (non-hydrogen) atoms. The zero-order valence-electron chi connectivity index (χ0n) is 14.7. The van der Waals surface area contributed by atoms with Crippen LogP contribution in [-0.2, 0) is 19.1 Å². The van der Waals surface area contributed by atoms with E-state index in [1.165, 1.54) is 32.0 Å². The van der Waals surface area contributed by atoms with Crippen LogP contribution in [0.2, 0.25) is 0 Å². The van der Waals surface area contributed by atoms with Crippen LogP contribution in [0.3, 0.4) is 0 Å². The highest BCUT2D eigenvalue weighted by molar-refractivity contribution is 5.98. The maximum absolute atomic E-state index is 12.2. The number of nitrogens with one attached hydrogen (secondary N) is 3. The minimum absolute atomic E-state index is 0.125. The van der Waals surface area contributed by atoms with Gasteiger partial charge in [-0.25, -0.2) is 4.79 Å².